The van der Waals surface area contributed by atoms with Crippen LogP contribution in [0.2, 0.25) is 0 Å². The van der Waals surface area contributed by atoms with Gasteiger partial charge in [0.25, 0.3) is 0 Å². The third kappa shape index (κ3) is 6.39. The molecule has 0 aromatic heterocycles. The van der Waals surface area contributed by atoms with Gasteiger partial charge < -0.3 is 15.5 Å². The van der Waals surface area contributed by atoms with Crippen LogP contribution in [0.25, 0.3) is 0 Å². The largest absolute Gasteiger partial charge is 0.330 e. The fourth-order valence-corrected chi connectivity index (χ4v) is 2.76. The molecule has 0 aliphatic carbocycles. The van der Waals surface area contributed by atoms with Crippen molar-refractivity contribution in [2.75, 3.05) is 46.3 Å². The van der Waals surface area contributed by atoms with Crippen molar-refractivity contribution in [2.45, 2.75) is 33.1 Å². The van der Waals surface area contributed by atoms with E-state index in [1.54, 1.807) is 0 Å². The normalized spacial score (nSPS) is 19.4. The van der Waals surface area contributed by atoms with Gasteiger partial charge in [-0.15, -0.1) is 0 Å². The monoisotopic (exact) mass is 241 g/mol. The number of nitrogens with two attached hydrogens (primary N) is 1. The summed E-state index contributed by atoms with van der Waals surface area (Å²) in [7, 11) is 2.24. The van der Waals surface area contributed by atoms with E-state index < -0.39 is 0 Å². The highest BCUT2D eigenvalue weighted by Gasteiger charge is 2.14. The lowest BCUT2D eigenvalue weighted by molar-refractivity contribution is 0.220. The Morgan fingerprint density at radius 2 is 1.88 bits per heavy atom. The van der Waals surface area contributed by atoms with Gasteiger partial charge in [0.1, 0.15) is 0 Å². The molecule has 2 N–H and O–H groups in total. The summed E-state index contributed by atoms with van der Waals surface area (Å²) in [6.45, 7) is 11.6. The van der Waals surface area contributed by atoms with Crippen LogP contribution in [-0.4, -0.2) is 56.1 Å². The number of hydrogen-bond donors (Lipinski definition) is 1. The van der Waals surface area contributed by atoms with Crippen molar-refractivity contribution in [3.05, 3.63) is 0 Å². The topological polar surface area (TPSA) is 32.5 Å². The minimum Gasteiger partial charge on any atom is -0.330 e. The molecule has 0 radical (unpaired) electrons. The van der Waals surface area contributed by atoms with Crippen LogP contribution in [0.5, 0.6) is 0 Å². The van der Waals surface area contributed by atoms with E-state index in [0.717, 1.165) is 19.0 Å². The third-order valence-corrected chi connectivity index (χ3v) is 3.70. The van der Waals surface area contributed by atoms with Gasteiger partial charge in [-0.05, 0) is 57.8 Å². The fourth-order valence-electron chi connectivity index (χ4n) is 2.76. The minimum atomic E-state index is 0.665. The molecule has 1 rings (SSSR count). The molecule has 1 aliphatic rings. The second-order valence-corrected chi connectivity index (χ2v) is 6.04. The molecular weight excluding hydrogens is 210 g/mol. The standard InChI is InChI=1S/C14H31N3/c1-13(2)10-14(11-15)12-16(3)8-9-17-6-4-5-7-17/h13-14H,4-12,15H2,1-3H3. The molecule has 1 unspecified atom stereocenters. The van der Waals surface area contributed by atoms with Gasteiger partial charge in [-0.25, -0.2) is 0 Å². The zero-order valence-corrected chi connectivity index (χ0v) is 12.0. The van der Waals surface area contributed by atoms with Crippen LogP contribution in [0.4, 0.5) is 0 Å². The Labute approximate surface area is 107 Å². The Morgan fingerprint density at radius 3 is 2.41 bits per heavy atom. The number of hydrogen-bond acceptors (Lipinski definition) is 3. The molecule has 3 heteroatoms. The van der Waals surface area contributed by atoms with Crippen LogP contribution < -0.4 is 5.73 Å². The molecule has 0 spiro atoms. The van der Waals surface area contributed by atoms with E-state index in [1.165, 1.54) is 45.4 Å². The summed E-state index contributed by atoms with van der Waals surface area (Å²) in [5.41, 5.74) is 5.85. The maximum Gasteiger partial charge on any atom is 0.0109 e. The highest BCUT2D eigenvalue weighted by molar-refractivity contribution is 4.70. The molecule has 1 heterocycles. The number of likely N-dealkylation sites (tertiary alicyclic amines) is 1. The Morgan fingerprint density at radius 1 is 1.24 bits per heavy atom. The second-order valence-electron chi connectivity index (χ2n) is 6.04. The van der Waals surface area contributed by atoms with E-state index in [2.05, 4.69) is 30.7 Å². The highest BCUT2D eigenvalue weighted by Crippen LogP contribution is 2.12. The lowest BCUT2D eigenvalue weighted by atomic mass is 9.97. The molecule has 1 fully saturated rings. The van der Waals surface area contributed by atoms with Crippen molar-refractivity contribution >= 4 is 0 Å². The first kappa shape index (κ1) is 14.9. The van der Waals surface area contributed by atoms with Crippen LogP contribution in [0.1, 0.15) is 33.1 Å². The van der Waals surface area contributed by atoms with E-state index in [4.69, 9.17) is 5.73 Å². The SMILES string of the molecule is CC(C)CC(CN)CN(C)CCN1CCCC1. The number of rotatable bonds is 8. The molecular formula is C14H31N3. The van der Waals surface area contributed by atoms with Crippen molar-refractivity contribution in [1.82, 2.24) is 9.80 Å². The Balaban J connectivity index is 2.15. The third-order valence-electron chi connectivity index (χ3n) is 3.70. The zero-order chi connectivity index (χ0) is 12.7. The molecule has 17 heavy (non-hydrogen) atoms. The smallest absolute Gasteiger partial charge is 0.0109 e. The molecule has 0 bridgehead atoms. The summed E-state index contributed by atoms with van der Waals surface area (Å²) < 4.78 is 0. The Kier molecular flexibility index (Phi) is 7.09. The van der Waals surface area contributed by atoms with Gasteiger partial charge in [0.2, 0.25) is 0 Å². The van der Waals surface area contributed by atoms with Crippen molar-refractivity contribution in [3.63, 3.8) is 0 Å². The molecule has 1 saturated heterocycles. The lowest BCUT2D eigenvalue weighted by Crippen LogP contribution is -2.36. The summed E-state index contributed by atoms with van der Waals surface area (Å²) in [5, 5.41) is 0. The van der Waals surface area contributed by atoms with Gasteiger partial charge in [0.05, 0.1) is 0 Å². The van der Waals surface area contributed by atoms with Gasteiger partial charge in [0, 0.05) is 19.6 Å². The van der Waals surface area contributed by atoms with Gasteiger partial charge in [0.15, 0.2) is 0 Å². The van der Waals surface area contributed by atoms with E-state index in [9.17, 15) is 0 Å². The van der Waals surface area contributed by atoms with E-state index in [1.807, 2.05) is 0 Å². The lowest BCUT2D eigenvalue weighted by Gasteiger charge is -2.26. The zero-order valence-electron chi connectivity index (χ0n) is 12.0. The van der Waals surface area contributed by atoms with Gasteiger partial charge in [-0.2, -0.15) is 0 Å². The molecule has 0 aromatic carbocycles. The van der Waals surface area contributed by atoms with Crippen molar-refractivity contribution in [2.24, 2.45) is 17.6 Å². The van der Waals surface area contributed by atoms with E-state index >= 15 is 0 Å². The average Bonchev–Trinajstić information content (AvgIpc) is 2.77. The minimum absolute atomic E-state index is 0.665. The summed E-state index contributed by atoms with van der Waals surface area (Å²) in [6.07, 6.45) is 4.04. The fraction of sp³-hybridized carbons (Fsp3) is 1.00. The van der Waals surface area contributed by atoms with Crippen LogP contribution in [0.15, 0.2) is 0 Å². The molecule has 1 atom stereocenters. The van der Waals surface area contributed by atoms with Gasteiger partial charge in [-0.1, -0.05) is 13.8 Å². The van der Waals surface area contributed by atoms with E-state index in [-0.39, 0.29) is 0 Å². The second kappa shape index (κ2) is 8.06. The van der Waals surface area contributed by atoms with Crippen molar-refractivity contribution in [1.29, 1.82) is 0 Å². The Hall–Kier alpha value is -0.120. The first-order valence-electron chi connectivity index (χ1n) is 7.22. The van der Waals surface area contributed by atoms with Crippen molar-refractivity contribution < 1.29 is 0 Å². The quantitative estimate of drug-likeness (QED) is 0.701. The summed E-state index contributed by atoms with van der Waals surface area (Å²) >= 11 is 0. The number of nitrogens with zero attached hydrogens (tertiary/aromatic N) is 2. The molecule has 0 amide bonds. The summed E-state index contributed by atoms with van der Waals surface area (Å²) in [6, 6.07) is 0. The molecule has 102 valence electrons. The summed E-state index contributed by atoms with van der Waals surface area (Å²) in [4.78, 5) is 5.04. The first-order chi connectivity index (χ1) is 8.11. The molecule has 0 saturated carbocycles. The maximum absolute atomic E-state index is 5.85. The maximum atomic E-state index is 5.85. The van der Waals surface area contributed by atoms with Crippen LogP contribution in [0.3, 0.4) is 0 Å². The highest BCUT2D eigenvalue weighted by atomic mass is 15.2. The van der Waals surface area contributed by atoms with E-state index in [0.29, 0.717) is 5.92 Å². The molecule has 3 nitrogen and oxygen atoms in total. The van der Waals surface area contributed by atoms with Crippen LogP contribution in [0, 0.1) is 11.8 Å². The van der Waals surface area contributed by atoms with Gasteiger partial charge >= 0.3 is 0 Å². The Bertz CT molecular complexity index is 188. The molecule has 1 aliphatic heterocycles. The average molecular weight is 241 g/mol. The first-order valence-corrected chi connectivity index (χ1v) is 7.22. The van der Waals surface area contributed by atoms with Crippen LogP contribution >= 0.6 is 0 Å². The number of likely N-dealkylation sites (N-methyl/N-ethyl adjacent to an activating group) is 1. The summed E-state index contributed by atoms with van der Waals surface area (Å²) in [5.74, 6) is 1.43. The van der Waals surface area contributed by atoms with Crippen LogP contribution in [-0.2, 0) is 0 Å². The molecule has 0 aromatic rings. The van der Waals surface area contributed by atoms with Gasteiger partial charge in [-0.3, -0.25) is 0 Å². The van der Waals surface area contributed by atoms with Crippen molar-refractivity contribution in [3.8, 4) is 0 Å². The predicted molar refractivity (Wildman–Crippen MR) is 75.2 cm³/mol. The predicted octanol–water partition coefficient (Wildman–Crippen LogP) is 1.64.